The molecule has 0 bridgehead atoms. The van der Waals surface area contributed by atoms with E-state index in [4.69, 9.17) is 5.73 Å². The van der Waals surface area contributed by atoms with E-state index in [2.05, 4.69) is 45.7 Å². The zero-order valence-corrected chi connectivity index (χ0v) is 12.0. The van der Waals surface area contributed by atoms with E-state index >= 15 is 0 Å². The molecule has 0 radical (unpaired) electrons. The maximum Gasteiger partial charge on any atom is 0.0953 e. The molecule has 0 saturated carbocycles. The summed E-state index contributed by atoms with van der Waals surface area (Å²) in [6.45, 7) is 2.19. The first-order valence-corrected chi connectivity index (χ1v) is 7.01. The van der Waals surface area contributed by atoms with Crippen LogP contribution in [0, 0.1) is 0 Å². The van der Waals surface area contributed by atoms with Crippen molar-refractivity contribution in [2.24, 2.45) is 0 Å². The second-order valence-corrected chi connectivity index (χ2v) is 5.19. The van der Waals surface area contributed by atoms with Gasteiger partial charge in [-0.3, -0.25) is 4.98 Å². The number of benzene rings is 1. The van der Waals surface area contributed by atoms with E-state index in [0.717, 1.165) is 23.4 Å². The summed E-state index contributed by atoms with van der Waals surface area (Å²) in [4.78, 5) is 8.45. The average molecular weight is 278 g/mol. The van der Waals surface area contributed by atoms with E-state index in [1.165, 1.54) is 5.56 Å². The first-order chi connectivity index (χ1) is 10.3. The summed E-state index contributed by atoms with van der Waals surface area (Å²) < 4.78 is 2.15. The highest BCUT2D eigenvalue weighted by Crippen LogP contribution is 2.27. The lowest BCUT2D eigenvalue weighted by Gasteiger charge is -2.17. The van der Waals surface area contributed by atoms with E-state index < -0.39 is 0 Å². The smallest absolute Gasteiger partial charge is 0.0953 e. The molecule has 1 unspecified atom stereocenters. The minimum atomic E-state index is 0.296. The van der Waals surface area contributed by atoms with Gasteiger partial charge in [-0.05, 0) is 25.0 Å². The Morgan fingerprint density at radius 3 is 2.67 bits per heavy atom. The van der Waals surface area contributed by atoms with Crippen molar-refractivity contribution in [3.8, 4) is 11.3 Å². The molecule has 0 aliphatic heterocycles. The quantitative estimate of drug-likeness (QED) is 0.796. The van der Waals surface area contributed by atoms with Crippen LogP contribution >= 0.6 is 0 Å². The largest absolute Gasteiger partial charge is 0.398 e. The highest BCUT2D eigenvalue weighted by molar-refractivity contribution is 5.72. The Morgan fingerprint density at radius 2 is 1.90 bits per heavy atom. The van der Waals surface area contributed by atoms with Crippen LogP contribution in [0.2, 0.25) is 0 Å². The molecule has 0 saturated heterocycles. The van der Waals surface area contributed by atoms with Gasteiger partial charge in [0.15, 0.2) is 0 Å². The molecule has 0 aliphatic carbocycles. The molecule has 21 heavy (non-hydrogen) atoms. The van der Waals surface area contributed by atoms with Crippen molar-refractivity contribution in [2.75, 3.05) is 5.73 Å². The van der Waals surface area contributed by atoms with Gasteiger partial charge in [0, 0.05) is 29.7 Å². The Morgan fingerprint density at radius 1 is 1.10 bits per heavy atom. The summed E-state index contributed by atoms with van der Waals surface area (Å²) in [5.74, 6) is 0. The molecule has 3 rings (SSSR count). The normalized spacial score (nSPS) is 12.2. The summed E-state index contributed by atoms with van der Waals surface area (Å²) in [5.41, 5.74) is 10.0. The molecule has 0 amide bonds. The highest BCUT2D eigenvalue weighted by Gasteiger charge is 2.13. The van der Waals surface area contributed by atoms with Gasteiger partial charge < -0.3 is 10.3 Å². The second-order valence-electron chi connectivity index (χ2n) is 5.19. The molecule has 0 spiro atoms. The number of nitrogens with two attached hydrogens (primary N) is 1. The molecule has 2 N–H and O–H groups in total. The Labute approximate surface area is 124 Å². The summed E-state index contributed by atoms with van der Waals surface area (Å²) in [7, 11) is 0. The number of rotatable bonds is 4. The Balaban J connectivity index is 1.91. The van der Waals surface area contributed by atoms with E-state index in [-0.39, 0.29) is 0 Å². The Hall–Kier alpha value is -2.62. The van der Waals surface area contributed by atoms with Gasteiger partial charge in [0.1, 0.15) is 0 Å². The van der Waals surface area contributed by atoms with Crippen LogP contribution in [0.4, 0.5) is 5.69 Å². The fourth-order valence-corrected chi connectivity index (χ4v) is 2.54. The predicted octanol–water partition coefficient (Wildman–Crippen LogP) is 3.33. The molecule has 106 valence electrons. The molecule has 0 fully saturated rings. The van der Waals surface area contributed by atoms with Crippen LogP contribution in [-0.4, -0.2) is 14.5 Å². The lowest BCUT2D eigenvalue weighted by atomic mass is 10.1. The van der Waals surface area contributed by atoms with Gasteiger partial charge >= 0.3 is 0 Å². The molecular formula is C17H18N4. The number of anilines is 1. The van der Waals surface area contributed by atoms with E-state index in [1.807, 2.05) is 24.7 Å². The lowest BCUT2D eigenvalue weighted by Crippen LogP contribution is -2.09. The van der Waals surface area contributed by atoms with E-state index in [0.29, 0.717) is 6.04 Å². The van der Waals surface area contributed by atoms with Gasteiger partial charge in [0.05, 0.1) is 18.2 Å². The Kier molecular flexibility index (Phi) is 3.69. The van der Waals surface area contributed by atoms with Crippen molar-refractivity contribution in [2.45, 2.75) is 19.4 Å². The zero-order chi connectivity index (χ0) is 14.7. The topological polar surface area (TPSA) is 56.7 Å². The van der Waals surface area contributed by atoms with Gasteiger partial charge in [-0.1, -0.05) is 30.3 Å². The van der Waals surface area contributed by atoms with Gasteiger partial charge in [-0.2, -0.15) is 0 Å². The van der Waals surface area contributed by atoms with Crippen LogP contribution in [0.15, 0.2) is 61.3 Å². The molecule has 3 aromatic rings. The summed E-state index contributed by atoms with van der Waals surface area (Å²) in [6, 6.07) is 12.6. The third kappa shape index (κ3) is 2.79. The lowest BCUT2D eigenvalue weighted by molar-refractivity contribution is 0.549. The maximum atomic E-state index is 6.05. The number of hydrogen-bond donors (Lipinski definition) is 1. The summed E-state index contributed by atoms with van der Waals surface area (Å²) in [6.07, 6.45) is 8.14. The molecule has 0 aliphatic rings. The van der Waals surface area contributed by atoms with Crippen molar-refractivity contribution >= 4 is 5.69 Å². The second kappa shape index (κ2) is 5.79. The van der Waals surface area contributed by atoms with Gasteiger partial charge in [0.25, 0.3) is 0 Å². The van der Waals surface area contributed by atoms with Gasteiger partial charge in [-0.15, -0.1) is 0 Å². The van der Waals surface area contributed by atoms with Crippen LogP contribution in [0.1, 0.15) is 18.5 Å². The predicted molar refractivity (Wildman–Crippen MR) is 84.7 cm³/mol. The van der Waals surface area contributed by atoms with Gasteiger partial charge in [-0.25, -0.2) is 4.98 Å². The summed E-state index contributed by atoms with van der Waals surface area (Å²) >= 11 is 0. The van der Waals surface area contributed by atoms with E-state index in [1.54, 1.807) is 12.4 Å². The third-order valence-electron chi connectivity index (χ3n) is 3.65. The first kappa shape index (κ1) is 13.4. The van der Waals surface area contributed by atoms with Crippen LogP contribution in [0.5, 0.6) is 0 Å². The number of aromatic nitrogens is 3. The fourth-order valence-electron chi connectivity index (χ4n) is 2.54. The van der Waals surface area contributed by atoms with E-state index in [9.17, 15) is 0 Å². The molecular weight excluding hydrogens is 260 g/mol. The van der Waals surface area contributed by atoms with Crippen molar-refractivity contribution in [1.82, 2.24) is 14.5 Å². The monoisotopic (exact) mass is 278 g/mol. The number of nitrogens with zero attached hydrogens (tertiary/aromatic N) is 3. The van der Waals surface area contributed by atoms with Crippen molar-refractivity contribution < 1.29 is 0 Å². The SMILES string of the molecule is CC(Cc1ccccc1)n1cncc1-c1cnccc1N. The van der Waals surface area contributed by atoms with Crippen molar-refractivity contribution in [1.29, 1.82) is 0 Å². The fraction of sp³-hybridized carbons (Fsp3) is 0.176. The third-order valence-corrected chi connectivity index (χ3v) is 3.65. The van der Waals surface area contributed by atoms with Crippen LogP contribution in [0.25, 0.3) is 11.3 Å². The molecule has 2 heterocycles. The van der Waals surface area contributed by atoms with Crippen LogP contribution < -0.4 is 5.73 Å². The molecule has 2 aromatic heterocycles. The summed E-state index contributed by atoms with van der Waals surface area (Å²) in [5, 5.41) is 0. The average Bonchev–Trinajstić information content (AvgIpc) is 2.98. The molecule has 4 heteroatoms. The minimum Gasteiger partial charge on any atom is -0.398 e. The maximum absolute atomic E-state index is 6.05. The molecule has 1 aromatic carbocycles. The highest BCUT2D eigenvalue weighted by atomic mass is 15.1. The van der Waals surface area contributed by atoms with Crippen molar-refractivity contribution in [3.05, 3.63) is 66.9 Å². The van der Waals surface area contributed by atoms with Gasteiger partial charge in [0.2, 0.25) is 0 Å². The standard InChI is InChI=1S/C17H18N4/c1-13(9-14-5-3-2-4-6-14)21-12-20-11-17(21)15-10-19-8-7-16(15)18/h2-8,10-13H,9H2,1H3,(H2,18,19). The Bertz CT molecular complexity index is 718. The minimum absolute atomic E-state index is 0.296. The molecule has 4 nitrogen and oxygen atoms in total. The first-order valence-electron chi connectivity index (χ1n) is 7.01. The van der Waals surface area contributed by atoms with Crippen molar-refractivity contribution in [3.63, 3.8) is 0 Å². The number of imidazole rings is 1. The number of nitrogen functional groups attached to an aromatic ring is 1. The van der Waals surface area contributed by atoms with Crippen LogP contribution in [-0.2, 0) is 6.42 Å². The van der Waals surface area contributed by atoms with Crippen LogP contribution in [0.3, 0.4) is 0 Å². The molecule has 1 atom stereocenters. The zero-order valence-electron chi connectivity index (χ0n) is 12.0. The number of hydrogen-bond acceptors (Lipinski definition) is 3. The number of pyridine rings is 1.